The molecule has 0 aromatic heterocycles. The summed E-state index contributed by atoms with van der Waals surface area (Å²) in [5, 5.41) is 12.4. The minimum absolute atomic E-state index is 0.00732. The van der Waals surface area contributed by atoms with Gasteiger partial charge in [0.25, 0.3) is 0 Å². The van der Waals surface area contributed by atoms with Crippen LogP contribution in [-0.4, -0.2) is 5.11 Å². The molecule has 1 aromatic rings. The Hall–Kier alpha value is 0.110. The molecule has 0 radical (unpaired) electrons. The minimum atomic E-state index is -0.00732. The van der Waals surface area contributed by atoms with Crippen LogP contribution in [-0.2, 0) is 6.61 Å². The van der Waals surface area contributed by atoms with Gasteiger partial charge < -0.3 is 5.11 Å². The van der Waals surface area contributed by atoms with Gasteiger partial charge in [0.15, 0.2) is 0 Å². The zero-order valence-corrected chi connectivity index (χ0v) is 10.3. The molecule has 0 spiro atoms. The molecule has 0 amide bonds. The summed E-state index contributed by atoms with van der Waals surface area (Å²) >= 11 is 7.92. The zero-order chi connectivity index (χ0) is 9.68. The van der Waals surface area contributed by atoms with Crippen LogP contribution in [0, 0.1) is 11.2 Å². The summed E-state index contributed by atoms with van der Waals surface area (Å²) in [4.78, 5) is 0. The highest BCUT2D eigenvalue weighted by Gasteiger charge is 1.96. The third-order valence-corrected chi connectivity index (χ3v) is 2.43. The monoisotopic (exact) mass is 324 g/mol. The third-order valence-electron chi connectivity index (χ3n) is 1.37. The first kappa shape index (κ1) is 11.2. The average Bonchev–Trinajstić information content (AvgIpc) is 2.14. The Morgan fingerprint density at radius 1 is 1.46 bits per heavy atom. The number of benzene rings is 1. The van der Waals surface area contributed by atoms with Gasteiger partial charge in [-0.1, -0.05) is 17.5 Å². The van der Waals surface area contributed by atoms with Crippen molar-refractivity contribution in [2.45, 2.75) is 6.61 Å². The van der Waals surface area contributed by atoms with Crippen molar-refractivity contribution in [1.29, 1.82) is 0 Å². The minimum Gasteiger partial charge on any atom is -0.392 e. The van der Waals surface area contributed by atoms with Gasteiger partial charge >= 0.3 is 0 Å². The van der Waals surface area contributed by atoms with Crippen LogP contribution in [0.1, 0.15) is 11.1 Å². The SMILES string of the molecule is OCc1cc(Cl)cc(C#CSI)c1. The lowest BCUT2D eigenvalue weighted by atomic mass is 10.1. The second kappa shape index (κ2) is 5.76. The molecule has 13 heavy (non-hydrogen) atoms. The molecule has 68 valence electrons. The predicted molar refractivity (Wildman–Crippen MR) is 65.9 cm³/mol. The number of aliphatic hydroxyl groups is 1. The zero-order valence-electron chi connectivity index (χ0n) is 6.55. The first-order valence-corrected chi connectivity index (χ1v) is 7.19. The van der Waals surface area contributed by atoms with Crippen molar-refractivity contribution in [2.24, 2.45) is 0 Å². The van der Waals surface area contributed by atoms with Gasteiger partial charge in [-0.25, -0.2) is 0 Å². The van der Waals surface area contributed by atoms with Gasteiger partial charge in [0.1, 0.15) is 0 Å². The first-order valence-electron chi connectivity index (χ1n) is 3.45. The maximum Gasteiger partial charge on any atom is 0.0682 e. The molecule has 0 fully saturated rings. The highest BCUT2D eigenvalue weighted by Crippen LogP contribution is 2.15. The van der Waals surface area contributed by atoms with Gasteiger partial charge in [0.05, 0.1) is 6.61 Å². The summed E-state index contributed by atoms with van der Waals surface area (Å²) in [5.74, 6) is 2.92. The second-order valence-corrected chi connectivity index (χ2v) is 4.43. The van der Waals surface area contributed by atoms with E-state index in [2.05, 4.69) is 32.4 Å². The Bertz CT molecular complexity index is 356. The second-order valence-electron chi connectivity index (χ2n) is 2.31. The van der Waals surface area contributed by atoms with Gasteiger partial charge in [0.2, 0.25) is 0 Å². The first-order chi connectivity index (χ1) is 6.26. The van der Waals surface area contributed by atoms with E-state index in [0.29, 0.717) is 5.02 Å². The quantitative estimate of drug-likeness (QED) is 0.632. The van der Waals surface area contributed by atoms with Gasteiger partial charge in [-0.2, -0.15) is 0 Å². The summed E-state index contributed by atoms with van der Waals surface area (Å²) in [6.07, 6.45) is 0. The van der Waals surface area contributed by atoms with Gasteiger partial charge in [-0.3, -0.25) is 0 Å². The number of halogens is 2. The van der Waals surface area contributed by atoms with Crippen molar-refractivity contribution in [3.8, 4) is 11.2 Å². The molecule has 1 nitrogen and oxygen atoms in total. The van der Waals surface area contributed by atoms with Gasteiger partial charge in [-0.15, -0.1) is 0 Å². The highest BCUT2D eigenvalue weighted by molar-refractivity contribution is 14.2. The Balaban J connectivity index is 3.01. The smallest absolute Gasteiger partial charge is 0.0682 e. The molecular weight excluding hydrogens is 319 g/mol. The molecule has 1 rings (SSSR count). The molecule has 0 atom stereocenters. The summed E-state index contributed by atoms with van der Waals surface area (Å²) in [6, 6.07) is 5.33. The number of aliphatic hydroxyl groups excluding tert-OH is 1. The van der Waals surface area contributed by atoms with Crippen LogP contribution in [0.25, 0.3) is 0 Å². The van der Waals surface area contributed by atoms with E-state index in [9.17, 15) is 0 Å². The molecular formula is C9H6ClIOS. The molecule has 1 aromatic carbocycles. The van der Waals surface area contributed by atoms with E-state index in [1.165, 1.54) is 8.93 Å². The number of hydrogen-bond donors (Lipinski definition) is 1. The van der Waals surface area contributed by atoms with Crippen molar-refractivity contribution in [1.82, 2.24) is 0 Å². The van der Waals surface area contributed by atoms with Crippen LogP contribution in [0.15, 0.2) is 18.2 Å². The predicted octanol–water partition coefficient (Wildman–Crippen LogP) is 3.22. The van der Waals surface area contributed by atoms with E-state index in [4.69, 9.17) is 16.7 Å². The fourth-order valence-corrected chi connectivity index (χ4v) is 1.64. The lowest BCUT2D eigenvalue weighted by molar-refractivity contribution is 0.282. The van der Waals surface area contributed by atoms with Crippen molar-refractivity contribution in [3.63, 3.8) is 0 Å². The summed E-state index contributed by atoms with van der Waals surface area (Å²) in [5.41, 5.74) is 1.62. The van der Waals surface area contributed by atoms with Crippen LogP contribution in [0.4, 0.5) is 0 Å². The Kier molecular flexibility index (Phi) is 4.96. The molecule has 1 N–H and O–H groups in total. The molecule has 0 unspecified atom stereocenters. The number of rotatable bonds is 1. The topological polar surface area (TPSA) is 20.2 Å². The Morgan fingerprint density at radius 3 is 2.85 bits per heavy atom. The lowest BCUT2D eigenvalue weighted by Crippen LogP contribution is -1.84. The van der Waals surface area contributed by atoms with E-state index >= 15 is 0 Å². The molecule has 0 aliphatic rings. The van der Waals surface area contributed by atoms with E-state index < -0.39 is 0 Å². The van der Waals surface area contributed by atoms with E-state index in [-0.39, 0.29) is 6.61 Å². The van der Waals surface area contributed by atoms with Crippen LogP contribution >= 0.6 is 41.7 Å². The lowest BCUT2D eigenvalue weighted by Gasteiger charge is -1.98. The van der Waals surface area contributed by atoms with Crippen molar-refractivity contribution in [3.05, 3.63) is 34.3 Å². The standard InChI is InChI=1S/C9H6ClIOS/c10-9-4-7(1-2-13-11)3-8(5-9)6-12/h3-5,12H,6H2. The number of hydrogen-bond acceptors (Lipinski definition) is 2. The average molecular weight is 325 g/mol. The Morgan fingerprint density at radius 2 is 2.23 bits per heavy atom. The van der Waals surface area contributed by atoms with Crippen LogP contribution in [0.2, 0.25) is 5.02 Å². The van der Waals surface area contributed by atoms with Crippen molar-refractivity contribution < 1.29 is 5.11 Å². The molecule has 0 saturated carbocycles. The van der Waals surface area contributed by atoms with E-state index in [1.54, 1.807) is 12.1 Å². The largest absolute Gasteiger partial charge is 0.392 e. The molecule has 4 heteroatoms. The molecule has 0 aliphatic heterocycles. The van der Waals surface area contributed by atoms with Crippen LogP contribution < -0.4 is 0 Å². The highest BCUT2D eigenvalue weighted by atomic mass is 127. The van der Waals surface area contributed by atoms with Crippen LogP contribution in [0.3, 0.4) is 0 Å². The molecule has 0 heterocycles. The maximum absolute atomic E-state index is 8.90. The molecule has 0 aliphatic carbocycles. The maximum atomic E-state index is 8.90. The van der Waals surface area contributed by atoms with E-state index in [1.807, 2.05) is 6.07 Å². The van der Waals surface area contributed by atoms with Gasteiger partial charge in [0, 0.05) is 31.8 Å². The summed E-state index contributed by atoms with van der Waals surface area (Å²) < 4.78 is 0. The summed E-state index contributed by atoms with van der Waals surface area (Å²) in [6.45, 7) is -0.00732. The van der Waals surface area contributed by atoms with Crippen molar-refractivity contribution >= 4 is 41.7 Å². The summed E-state index contributed by atoms with van der Waals surface area (Å²) in [7, 11) is 1.42. The van der Waals surface area contributed by atoms with Gasteiger partial charge in [-0.05, 0) is 37.9 Å². The molecule has 0 bridgehead atoms. The van der Waals surface area contributed by atoms with E-state index in [0.717, 1.165) is 11.1 Å². The van der Waals surface area contributed by atoms with Crippen LogP contribution in [0.5, 0.6) is 0 Å². The molecule has 0 saturated heterocycles. The Labute approximate surface area is 98.5 Å². The normalized spacial score (nSPS) is 9.15. The van der Waals surface area contributed by atoms with Crippen molar-refractivity contribution in [2.75, 3.05) is 0 Å². The third kappa shape index (κ3) is 3.77. The fraction of sp³-hybridized carbons (Fsp3) is 0.111. The fourth-order valence-electron chi connectivity index (χ4n) is 0.892.